The van der Waals surface area contributed by atoms with Crippen LogP contribution < -0.4 is 38.4 Å². The van der Waals surface area contributed by atoms with Crippen LogP contribution in [0.2, 0.25) is 0 Å². The van der Waals surface area contributed by atoms with E-state index in [1.54, 1.807) is 64.1 Å². The number of hydrogen-bond donors (Lipinski definition) is 6. The predicted octanol–water partition coefficient (Wildman–Crippen LogP) is 0.955. The van der Waals surface area contributed by atoms with Crippen LogP contribution in [0.3, 0.4) is 0 Å². The fourth-order valence-electron chi connectivity index (χ4n) is 4.95. The zero-order valence-electron chi connectivity index (χ0n) is 27.4. The van der Waals surface area contributed by atoms with Crippen LogP contribution in [0.5, 0.6) is 0 Å². The van der Waals surface area contributed by atoms with Gasteiger partial charge in [-0.25, -0.2) is 9.59 Å². The highest BCUT2D eigenvalue weighted by Crippen LogP contribution is 2.27. The van der Waals surface area contributed by atoms with Gasteiger partial charge in [-0.15, -0.1) is 0 Å². The summed E-state index contributed by atoms with van der Waals surface area (Å²) >= 11 is 0. The number of primary amides is 1. The van der Waals surface area contributed by atoms with Crippen molar-refractivity contribution >= 4 is 46.4 Å². The highest BCUT2D eigenvalue weighted by molar-refractivity contribution is 6.05. The third-order valence-corrected chi connectivity index (χ3v) is 7.11. The van der Waals surface area contributed by atoms with Gasteiger partial charge in [0, 0.05) is 36.2 Å². The number of nitrogens with zero attached hydrogens (tertiary/aromatic N) is 2. The molecule has 0 radical (unpaired) electrons. The summed E-state index contributed by atoms with van der Waals surface area (Å²) in [4.78, 5) is 70.5. The number of carbonyl (C=O) groups is 4. The molecule has 2 aromatic carbocycles. The Bertz CT molecular complexity index is 1700. The third-order valence-electron chi connectivity index (χ3n) is 7.11. The summed E-state index contributed by atoms with van der Waals surface area (Å²) in [6.07, 6.45) is -0.614. The summed E-state index contributed by atoms with van der Waals surface area (Å²) in [5, 5.41) is 16.0. The molecule has 1 heterocycles. The van der Waals surface area contributed by atoms with Crippen LogP contribution in [0, 0.1) is 6.92 Å². The van der Waals surface area contributed by atoms with E-state index < -0.39 is 59.8 Å². The molecule has 0 fully saturated rings. The van der Waals surface area contributed by atoms with E-state index in [0.29, 0.717) is 16.5 Å². The average molecular weight is 666 g/mol. The van der Waals surface area contributed by atoms with Gasteiger partial charge in [-0.3, -0.25) is 24.3 Å². The molecule has 0 aliphatic heterocycles. The number of guanidine groups is 1. The van der Waals surface area contributed by atoms with Crippen molar-refractivity contribution in [1.29, 1.82) is 0 Å². The molecule has 0 aliphatic carbocycles. The molecule has 0 saturated heterocycles. The standard InChI is InChI=1S/C33H43N7O8/c1-19-15-27(42)47-26-17-21(12-13-22(19)26)40(25(28(34)43)11-8-14-37-31(35)36)30(45)24(18-41)38-29(44)23(16-20-9-6-5-7-10-20)39-32(46)48-33(2,3)4/h5-7,9-10,12-13,15,17,23-25,41H,8,11,14,16,18H2,1-4H3,(H2,34,43)(H,38,44)(H,39,46)(H4,35,36,37)/t23-,24-,25-/m0/s1. The molecule has 15 heteroatoms. The summed E-state index contributed by atoms with van der Waals surface area (Å²) in [6.45, 7) is 5.95. The van der Waals surface area contributed by atoms with E-state index in [0.717, 1.165) is 4.90 Å². The van der Waals surface area contributed by atoms with Crippen molar-refractivity contribution in [2.24, 2.45) is 22.2 Å². The molecule has 3 atom stereocenters. The number of aliphatic imine (C=N–C) groups is 1. The molecule has 4 amide bonds. The van der Waals surface area contributed by atoms with Gasteiger partial charge < -0.3 is 42.1 Å². The number of hydrogen-bond acceptors (Lipinski definition) is 9. The first-order valence-electron chi connectivity index (χ1n) is 15.3. The number of nitrogens with one attached hydrogen (secondary N) is 2. The Kier molecular flexibility index (Phi) is 12.7. The Morgan fingerprint density at radius 1 is 1.00 bits per heavy atom. The zero-order chi connectivity index (χ0) is 35.6. The number of fused-ring (bicyclic) bond motifs is 1. The van der Waals surface area contributed by atoms with E-state index in [2.05, 4.69) is 15.6 Å². The minimum Gasteiger partial charge on any atom is -0.444 e. The second-order valence-corrected chi connectivity index (χ2v) is 12.1. The van der Waals surface area contributed by atoms with Gasteiger partial charge in [0.05, 0.1) is 6.61 Å². The lowest BCUT2D eigenvalue weighted by atomic mass is 10.0. The number of aliphatic hydroxyl groups is 1. The number of alkyl carbamates (subject to hydrolysis) is 1. The van der Waals surface area contributed by atoms with Crippen molar-refractivity contribution < 1.29 is 33.4 Å². The van der Waals surface area contributed by atoms with Crippen molar-refractivity contribution in [3.05, 3.63) is 76.1 Å². The Hall–Kier alpha value is -5.44. The number of ether oxygens (including phenoxy) is 1. The number of rotatable bonds is 14. The fraction of sp³-hybridized carbons (Fsp3) is 0.394. The molecule has 0 saturated carbocycles. The van der Waals surface area contributed by atoms with E-state index in [1.165, 1.54) is 18.2 Å². The van der Waals surface area contributed by atoms with E-state index in [1.807, 2.05) is 0 Å². The number of carbonyl (C=O) groups excluding carboxylic acids is 4. The highest BCUT2D eigenvalue weighted by Gasteiger charge is 2.36. The largest absolute Gasteiger partial charge is 0.444 e. The van der Waals surface area contributed by atoms with Gasteiger partial charge in [0.25, 0.3) is 5.91 Å². The molecular formula is C33H43N7O8. The number of aryl methyl sites for hydroxylation is 1. The molecule has 258 valence electrons. The van der Waals surface area contributed by atoms with Gasteiger partial charge in [0.1, 0.15) is 29.3 Å². The molecule has 0 unspecified atom stereocenters. The SMILES string of the molecule is Cc1cc(=O)oc2cc(N(C(=O)[C@H](CO)NC(=O)[C@H](Cc3ccccc3)NC(=O)OC(C)(C)C)[C@@H](CCCN=C(N)N)C(N)=O)ccc12. The van der Waals surface area contributed by atoms with Crippen LogP contribution in [0.1, 0.15) is 44.7 Å². The maximum Gasteiger partial charge on any atom is 0.408 e. The normalized spacial score (nSPS) is 13.1. The Labute approximate surface area is 277 Å². The van der Waals surface area contributed by atoms with Gasteiger partial charge in [0.2, 0.25) is 11.8 Å². The molecule has 15 nitrogen and oxygen atoms in total. The van der Waals surface area contributed by atoms with Gasteiger partial charge >= 0.3 is 11.7 Å². The first kappa shape index (κ1) is 37.0. The number of amides is 4. The van der Waals surface area contributed by atoms with Crippen LogP contribution in [0.25, 0.3) is 11.0 Å². The first-order chi connectivity index (χ1) is 22.6. The van der Waals surface area contributed by atoms with E-state index in [9.17, 15) is 29.1 Å². The lowest BCUT2D eigenvalue weighted by molar-refractivity contribution is -0.130. The smallest absolute Gasteiger partial charge is 0.408 e. The summed E-state index contributed by atoms with van der Waals surface area (Å²) in [7, 11) is 0. The van der Waals surface area contributed by atoms with Crippen LogP contribution >= 0.6 is 0 Å². The van der Waals surface area contributed by atoms with Gasteiger partial charge in [-0.2, -0.15) is 0 Å². The number of benzene rings is 2. The van der Waals surface area contributed by atoms with Crippen molar-refractivity contribution in [3.63, 3.8) is 0 Å². The van der Waals surface area contributed by atoms with Crippen LogP contribution in [-0.4, -0.2) is 71.8 Å². The Morgan fingerprint density at radius 2 is 1.69 bits per heavy atom. The highest BCUT2D eigenvalue weighted by atomic mass is 16.6. The minimum atomic E-state index is -1.60. The lowest BCUT2D eigenvalue weighted by Crippen LogP contribution is -2.59. The minimum absolute atomic E-state index is 0.00339. The third kappa shape index (κ3) is 10.6. The Balaban J connectivity index is 2.01. The fourth-order valence-corrected chi connectivity index (χ4v) is 4.95. The monoisotopic (exact) mass is 665 g/mol. The molecule has 9 N–H and O–H groups in total. The van der Waals surface area contributed by atoms with Crippen LogP contribution in [-0.2, 0) is 25.5 Å². The molecule has 3 aromatic rings. The zero-order valence-corrected chi connectivity index (χ0v) is 27.4. The number of anilines is 1. The molecular weight excluding hydrogens is 622 g/mol. The lowest BCUT2D eigenvalue weighted by Gasteiger charge is -2.33. The second kappa shape index (κ2) is 16.4. The molecule has 0 bridgehead atoms. The maximum atomic E-state index is 14.2. The summed E-state index contributed by atoms with van der Waals surface area (Å²) in [5.41, 5.74) is 16.7. The van der Waals surface area contributed by atoms with Crippen molar-refractivity contribution in [2.75, 3.05) is 18.1 Å². The van der Waals surface area contributed by atoms with Crippen LogP contribution in [0.4, 0.5) is 10.5 Å². The van der Waals surface area contributed by atoms with Gasteiger partial charge in [0.15, 0.2) is 5.96 Å². The van der Waals surface area contributed by atoms with Crippen molar-refractivity contribution in [3.8, 4) is 0 Å². The second-order valence-electron chi connectivity index (χ2n) is 12.1. The molecule has 3 rings (SSSR count). The van der Waals surface area contributed by atoms with Crippen molar-refractivity contribution in [2.45, 2.75) is 70.7 Å². The van der Waals surface area contributed by atoms with Gasteiger partial charge in [-0.05, 0) is 63.8 Å². The van der Waals surface area contributed by atoms with E-state index in [-0.39, 0.29) is 43.0 Å². The number of nitrogens with two attached hydrogens (primary N) is 3. The molecule has 48 heavy (non-hydrogen) atoms. The van der Waals surface area contributed by atoms with E-state index >= 15 is 0 Å². The maximum absolute atomic E-state index is 14.2. The first-order valence-corrected chi connectivity index (χ1v) is 15.3. The summed E-state index contributed by atoms with van der Waals surface area (Å²) in [5.74, 6) is -2.76. The number of aliphatic hydroxyl groups excluding tert-OH is 1. The van der Waals surface area contributed by atoms with Crippen molar-refractivity contribution in [1.82, 2.24) is 10.6 Å². The summed E-state index contributed by atoms with van der Waals surface area (Å²) < 4.78 is 10.7. The molecule has 0 spiro atoms. The molecule has 0 aliphatic rings. The van der Waals surface area contributed by atoms with Gasteiger partial charge in [-0.1, -0.05) is 30.3 Å². The predicted molar refractivity (Wildman–Crippen MR) is 180 cm³/mol. The summed E-state index contributed by atoms with van der Waals surface area (Å²) in [6, 6.07) is 10.6. The Morgan fingerprint density at radius 3 is 2.29 bits per heavy atom. The quantitative estimate of drug-likeness (QED) is 0.0616. The average Bonchev–Trinajstić information content (AvgIpc) is 2.99. The topological polar surface area (TPSA) is 246 Å². The van der Waals surface area contributed by atoms with Crippen LogP contribution in [0.15, 0.2) is 68.8 Å². The van der Waals surface area contributed by atoms with E-state index in [4.69, 9.17) is 26.4 Å². The molecule has 1 aromatic heterocycles.